The molecule has 104 valence electrons. The zero-order valence-electron chi connectivity index (χ0n) is 10.4. The van der Waals surface area contributed by atoms with E-state index in [9.17, 15) is 19.7 Å². The van der Waals surface area contributed by atoms with Crippen molar-refractivity contribution < 1.29 is 4.92 Å². The molecule has 2 aromatic rings. The maximum atomic E-state index is 11.6. The fourth-order valence-electron chi connectivity index (χ4n) is 1.73. The molecule has 7 nitrogen and oxygen atoms in total. The highest BCUT2D eigenvalue weighted by atomic mass is 79.9. The summed E-state index contributed by atoms with van der Waals surface area (Å²) in [4.78, 5) is 35.4. The lowest BCUT2D eigenvalue weighted by Gasteiger charge is -2.06. The second kappa shape index (κ2) is 5.41. The molecule has 0 spiro atoms. The number of nitro groups is 1. The predicted molar refractivity (Wildman–Crippen MR) is 76.0 cm³/mol. The summed E-state index contributed by atoms with van der Waals surface area (Å²) in [6.45, 7) is 1.73. The van der Waals surface area contributed by atoms with Gasteiger partial charge in [0.1, 0.15) is 0 Å². The van der Waals surface area contributed by atoms with Gasteiger partial charge in [0.25, 0.3) is 11.2 Å². The number of hydrogen-bond acceptors (Lipinski definition) is 4. The minimum atomic E-state index is -0.550. The minimum Gasteiger partial charge on any atom is -0.296 e. The molecule has 0 bridgehead atoms. The molecule has 0 unspecified atom stereocenters. The van der Waals surface area contributed by atoms with Crippen LogP contribution in [0, 0.1) is 17.0 Å². The molecule has 0 amide bonds. The van der Waals surface area contributed by atoms with E-state index in [0.29, 0.717) is 15.6 Å². The average Bonchev–Trinajstić information content (AvgIpc) is 2.37. The summed E-state index contributed by atoms with van der Waals surface area (Å²) in [7, 11) is 0. The van der Waals surface area contributed by atoms with E-state index < -0.39 is 16.2 Å². The summed E-state index contributed by atoms with van der Waals surface area (Å²) in [6, 6.07) is 4.61. The van der Waals surface area contributed by atoms with Crippen LogP contribution in [-0.2, 0) is 6.54 Å². The maximum absolute atomic E-state index is 11.6. The molecule has 0 saturated carbocycles. The number of H-pyrrole nitrogens is 1. The smallest absolute Gasteiger partial charge is 0.296 e. The quantitative estimate of drug-likeness (QED) is 0.677. The molecule has 1 N–H and O–H groups in total. The van der Waals surface area contributed by atoms with Gasteiger partial charge < -0.3 is 0 Å². The number of nitrogens with zero attached hydrogens (tertiary/aromatic N) is 2. The van der Waals surface area contributed by atoms with Gasteiger partial charge in [-0.3, -0.25) is 24.5 Å². The zero-order chi connectivity index (χ0) is 14.9. The number of halogens is 1. The van der Waals surface area contributed by atoms with E-state index in [4.69, 9.17) is 0 Å². The Hall–Kier alpha value is -2.22. The van der Waals surface area contributed by atoms with Gasteiger partial charge in [0.2, 0.25) is 0 Å². The molecular weight excluding hydrogens is 330 g/mol. The van der Waals surface area contributed by atoms with Crippen molar-refractivity contribution in [2.24, 2.45) is 0 Å². The third-order valence-corrected chi connectivity index (χ3v) is 3.42. The van der Waals surface area contributed by atoms with Crippen LogP contribution in [0.1, 0.15) is 11.1 Å². The van der Waals surface area contributed by atoms with E-state index in [1.807, 2.05) is 0 Å². The van der Waals surface area contributed by atoms with Crippen LogP contribution >= 0.6 is 15.9 Å². The molecule has 0 radical (unpaired) electrons. The molecule has 0 fully saturated rings. The Bertz CT molecular complexity index is 794. The monoisotopic (exact) mass is 339 g/mol. The second-order valence-corrected chi connectivity index (χ2v) is 5.10. The molecule has 2 rings (SSSR count). The van der Waals surface area contributed by atoms with Crippen molar-refractivity contribution >= 4 is 21.6 Å². The molecule has 0 aliphatic heterocycles. The van der Waals surface area contributed by atoms with Crippen LogP contribution in [0.5, 0.6) is 0 Å². The Kier molecular flexibility index (Phi) is 3.84. The van der Waals surface area contributed by atoms with Gasteiger partial charge in [-0.05, 0) is 34.5 Å². The normalized spacial score (nSPS) is 10.5. The summed E-state index contributed by atoms with van der Waals surface area (Å²) in [5, 5.41) is 10.9. The number of aryl methyl sites for hydroxylation is 1. The topological polar surface area (TPSA) is 98.0 Å². The highest BCUT2D eigenvalue weighted by molar-refractivity contribution is 9.10. The van der Waals surface area contributed by atoms with Gasteiger partial charge in [0, 0.05) is 17.8 Å². The number of hydrogen-bond donors (Lipinski definition) is 1. The molecule has 0 aliphatic rings. The van der Waals surface area contributed by atoms with Crippen molar-refractivity contribution in [1.82, 2.24) is 9.55 Å². The van der Waals surface area contributed by atoms with Crippen LogP contribution in [0.3, 0.4) is 0 Å². The van der Waals surface area contributed by atoms with Crippen LogP contribution < -0.4 is 11.2 Å². The number of aromatic amines is 1. The van der Waals surface area contributed by atoms with E-state index in [1.165, 1.54) is 16.8 Å². The molecule has 1 aromatic carbocycles. The number of aromatic nitrogens is 2. The fourth-order valence-corrected chi connectivity index (χ4v) is 2.12. The molecule has 20 heavy (non-hydrogen) atoms. The molecule has 0 saturated heterocycles. The Labute approximate surface area is 121 Å². The van der Waals surface area contributed by atoms with Gasteiger partial charge >= 0.3 is 5.69 Å². The van der Waals surface area contributed by atoms with Crippen LogP contribution in [0.4, 0.5) is 5.69 Å². The summed E-state index contributed by atoms with van der Waals surface area (Å²) in [5.41, 5.74) is -0.0689. The summed E-state index contributed by atoms with van der Waals surface area (Å²) in [6.07, 6.45) is 1.43. The Morgan fingerprint density at radius 3 is 2.75 bits per heavy atom. The van der Waals surface area contributed by atoms with E-state index in [0.717, 1.165) is 0 Å². The van der Waals surface area contributed by atoms with Crippen LogP contribution in [0.15, 0.2) is 38.5 Å². The first-order valence-electron chi connectivity index (χ1n) is 5.61. The third-order valence-electron chi connectivity index (χ3n) is 2.75. The number of nitro benzene ring substituents is 1. The zero-order valence-corrected chi connectivity index (χ0v) is 12.0. The van der Waals surface area contributed by atoms with Gasteiger partial charge in [-0.15, -0.1) is 0 Å². The lowest BCUT2D eigenvalue weighted by Crippen LogP contribution is -2.31. The molecule has 0 aliphatic carbocycles. The maximum Gasteiger partial charge on any atom is 0.328 e. The van der Waals surface area contributed by atoms with E-state index in [2.05, 4.69) is 20.9 Å². The summed E-state index contributed by atoms with van der Waals surface area (Å²) in [5.74, 6) is 0. The minimum absolute atomic E-state index is 0.0725. The van der Waals surface area contributed by atoms with Crippen LogP contribution in [0.25, 0.3) is 0 Å². The lowest BCUT2D eigenvalue weighted by molar-refractivity contribution is -0.385. The van der Waals surface area contributed by atoms with Crippen molar-refractivity contribution in [3.05, 3.63) is 70.9 Å². The van der Waals surface area contributed by atoms with Crippen molar-refractivity contribution in [3.8, 4) is 0 Å². The summed E-state index contributed by atoms with van der Waals surface area (Å²) >= 11 is 3.09. The van der Waals surface area contributed by atoms with E-state index >= 15 is 0 Å². The van der Waals surface area contributed by atoms with Gasteiger partial charge in [0.05, 0.1) is 15.9 Å². The van der Waals surface area contributed by atoms with Gasteiger partial charge in [-0.25, -0.2) is 4.79 Å². The van der Waals surface area contributed by atoms with E-state index in [1.54, 1.807) is 19.1 Å². The first kappa shape index (κ1) is 14.2. The number of benzene rings is 1. The number of nitrogens with one attached hydrogen (secondary N) is 1. The first-order valence-corrected chi connectivity index (χ1v) is 6.41. The van der Waals surface area contributed by atoms with Crippen molar-refractivity contribution in [1.29, 1.82) is 0 Å². The SMILES string of the molecule is Cc1cn(Cc2ccc(Br)c([N+](=O)[O-])c2)c(=O)[nH]c1=O. The Balaban J connectivity index is 2.43. The predicted octanol–water partition coefficient (Wildman–Crippen LogP) is 1.56. The Morgan fingerprint density at radius 2 is 2.10 bits per heavy atom. The Morgan fingerprint density at radius 1 is 1.40 bits per heavy atom. The molecular formula is C12H10BrN3O4. The highest BCUT2D eigenvalue weighted by Crippen LogP contribution is 2.25. The van der Waals surface area contributed by atoms with Gasteiger partial charge in [-0.1, -0.05) is 6.07 Å². The molecule has 1 heterocycles. The molecule has 1 aromatic heterocycles. The largest absolute Gasteiger partial charge is 0.328 e. The standard InChI is InChI=1S/C12H10BrN3O4/c1-7-5-15(12(18)14-11(7)17)6-8-2-3-9(13)10(4-8)16(19)20/h2-5H,6H2,1H3,(H,14,17,18). The first-order chi connectivity index (χ1) is 9.38. The van der Waals surface area contributed by atoms with Crippen LogP contribution in [0.2, 0.25) is 0 Å². The van der Waals surface area contributed by atoms with Crippen molar-refractivity contribution in [2.45, 2.75) is 13.5 Å². The second-order valence-electron chi connectivity index (χ2n) is 4.24. The van der Waals surface area contributed by atoms with Crippen LogP contribution in [-0.4, -0.2) is 14.5 Å². The van der Waals surface area contributed by atoms with Gasteiger partial charge in [-0.2, -0.15) is 0 Å². The fraction of sp³-hybridized carbons (Fsp3) is 0.167. The average molecular weight is 340 g/mol. The lowest BCUT2D eigenvalue weighted by atomic mass is 10.2. The van der Waals surface area contributed by atoms with Gasteiger partial charge in [0.15, 0.2) is 0 Å². The third kappa shape index (κ3) is 2.85. The van der Waals surface area contributed by atoms with Crippen molar-refractivity contribution in [2.75, 3.05) is 0 Å². The molecule has 8 heteroatoms. The number of rotatable bonds is 3. The van der Waals surface area contributed by atoms with Crippen molar-refractivity contribution in [3.63, 3.8) is 0 Å². The van der Waals surface area contributed by atoms with E-state index in [-0.39, 0.29) is 12.2 Å². The summed E-state index contributed by atoms with van der Waals surface area (Å²) < 4.78 is 1.67. The highest BCUT2D eigenvalue weighted by Gasteiger charge is 2.13. The molecule has 0 atom stereocenters.